The van der Waals surface area contributed by atoms with E-state index in [2.05, 4.69) is 37.9 Å². The van der Waals surface area contributed by atoms with Crippen LogP contribution in [-0.4, -0.2) is 102 Å². The molecule has 2 aliphatic heterocycles. The zero-order valence-electron chi connectivity index (χ0n) is 19.2. The van der Waals surface area contributed by atoms with Gasteiger partial charge in [0.15, 0.2) is 5.04 Å². The molecule has 0 bridgehead atoms. The van der Waals surface area contributed by atoms with Crippen molar-refractivity contribution in [3.8, 4) is 0 Å². The number of likely N-dealkylation sites (tertiary alicyclic amines) is 1. The van der Waals surface area contributed by atoms with Crippen molar-refractivity contribution in [1.29, 1.82) is 0 Å². The van der Waals surface area contributed by atoms with Crippen molar-refractivity contribution in [2.75, 3.05) is 46.1 Å². The summed E-state index contributed by atoms with van der Waals surface area (Å²) in [5.74, 6) is -2.67. The minimum absolute atomic E-state index is 0.0728. The molecule has 0 saturated carbocycles. The number of carbonyl (C=O) groups excluding carboxylic acids is 4. The molecular weight excluding hydrogens is 482 g/mol. The van der Waals surface area contributed by atoms with Crippen LogP contribution in [-0.2, 0) is 19.2 Å². The number of hydrogen-bond donors (Lipinski definition) is 3. The maximum absolute atomic E-state index is 12.9. The highest BCUT2D eigenvalue weighted by molar-refractivity contribution is 8.16. The second-order valence-electron chi connectivity index (χ2n) is 8.35. The first kappa shape index (κ1) is 25.9. The maximum Gasteiger partial charge on any atom is 0.314 e. The van der Waals surface area contributed by atoms with Crippen LogP contribution in [0.1, 0.15) is 12.8 Å². The minimum atomic E-state index is -1.07. The fourth-order valence-electron chi connectivity index (χ4n) is 3.61. The van der Waals surface area contributed by atoms with Gasteiger partial charge >= 0.3 is 11.8 Å². The van der Waals surface area contributed by atoms with Crippen molar-refractivity contribution in [2.24, 2.45) is 4.99 Å². The summed E-state index contributed by atoms with van der Waals surface area (Å²) in [5, 5.41) is 8.30. The van der Waals surface area contributed by atoms with Gasteiger partial charge in [0, 0.05) is 38.6 Å². The fourth-order valence-corrected chi connectivity index (χ4v) is 5.05. The van der Waals surface area contributed by atoms with Crippen LogP contribution in [0.2, 0.25) is 5.02 Å². The number of halogens is 1. The number of pyridine rings is 1. The third kappa shape index (κ3) is 6.90. The lowest BCUT2D eigenvalue weighted by atomic mass is 10.1. The second kappa shape index (κ2) is 11.6. The standard InChI is InChI=1S/C21H28ClN7O4S/c1-28(2)21(33)14(10-24-17(30)18(31)27-16-7-6-12(22)9-23-16)25-19(32)20-26-13-5-4-8-29(3)11-15(13)34-20/h6-7,9,13-15H,4-5,8,10-11H2,1-3H3,(H,24,30)(H,25,32)(H,23,27,31)/t13?,14-,15?/m0/s1. The van der Waals surface area contributed by atoms with Crippen LogP contribution in [0, 0.1) is 0 Å². The summed E-state index contributed by atoms with van der Waals surface area (Å²) >= 11 is 7.17. The van der Waals surface area contributed by atoms with Crippen molar-refractivity contribution >= 4 is 57.9 Å². The molecule has 1 saturated heterocycles. The van der Waals surface area contributed by atoms with E-state index in [9.17, 15) is 19.2 Å². The fraction of sp³-hybridized carbons (Fsp3) is 0.524. The van der Waals surface area contributed by atoms with Gasteiger partial charge in [-0.25, -0.2) is 4.98 Å². The SMILES string of the molecule is CN1CCCC2N=C(C(=O)N[C@@H](CNC(=O)C(=O)Nc3ccc(Cl)cn3)C(=O)N(C)C)SC2C1. The molecule has 0 radical (unpaired) electrons. The van der Waals surface area contributed by atoms with Gasteiger partial charge in [-0.3, -0.25) is 24.2 Å². The number of thioether (sulfide) groups is 1. The Kier molecular flexibility index (Phi) is 8.86. The Balaban J connectivity index is 1.58. The van der Waals surface area contributed by atoms with E-state index in [-0.39, 0.29) is 23.7 Å². The van der Waals surface area contributed by atoms with E-state index in [0.717, 1.165) is 25.9 Å². The van der Waals surface area contributed by atoms with Crippen LogP contribution >= 0.6 is 23.4 Å². The Labute approximate surface area is 207 Å². The summed E-state index contributed by atoms with van der Waals surface area (Å²) in [4.78, 5) is 61.9. The summed E-state index contributed by atoms with van der Waals surface area (Å²) in [5.41, 5.74) is 0. The lowest BCUT2D eigenvalue weighted by molar-refractivity contribution is -0.137. The van der Waals surface area contributed by atoms with Crippen molar-refractivity contribution in [1.82, 2.24) is 25.4 Å². The zero-order chi connectivity index (χ0) is 24.8. The Hall–Kier alpha value is -2.70. The van der Waals surface area contributed by atoms with Crippen molar-refractivity contribution in [3.05, 3.63) is 23.4 Å². The third-order valence-corrected chi connectivity index (χ3v) is 6.89. The number of aliphatic imine (C=N–C) groups is 1. The van der Waals surface area contributed by atoms with E-state index in [1.54, 1.807) is 0 Å². The average molecular weight is 510 g/mol. The van der Waals surface area contributed by atoms with Gasteiger partial charge < -0.3 is 25.8 Å². The van der Waals surface area contributed by atoms with Crippen molar-refractivity contribution in [2.45, 2.75) is 30.2 Å². The number of nitrogens with one attached hydrogen (secondary N) is 3. The molecule has 3 heterocycles. The molecule has 3 atom stereocenters. The van der Waals surface area contributed by atoms with Crippen LogP contribution in [0.3, 0.4) is 0 Å². The molecule has 2 unspecified atom stereocenters. The monoisotopic (exact) mass is 509 g/mol. The molecule has 1 aromatic heterocycles. The van der Waals surface area contributed by atoms with E-state index < -0.39 is 29.7 Å². The number of anilines is 1. The van der Waals surface area contributed by atoms with E-state index in [1.165, 1.54) is 49.1 Å². The molecule has 2 aliphatic rings. The predicted octanol–water partition coefficient (Wildman–Crippen LogP) is -0.0292. The Bertz CT molecular complexity index is 972. The molecule has 13 heteroatoms. The smallest absolute Gasteiger partial charge is 0.314 e. The highest BCUT2D eigenvalue weighted by Crippen LogP contribution is 2.32. The molecule has 11 nitrogen and oxygen atoms in total. The first-order valence-corrected chi connectivity index (χ1v) is 12.1. The molecule has 0 aliphatic carbocycles. The highest BCUT2D eigenvalue weighted by atomic mass is 35.5. The van der Waals surface area contributed by atoms with Gasteiger partial charge in [0.05, 0.1) is 11.1 Å². The number of carbonyl (C=O) groups is 4. The number of nitrogens with zero attached hydrogens (tertiary/aromatic N) is 4. The normalized spacial score (nSPS) is 20.9. The molecule has 3 N–H and O–H groups in total. The Morgan fingerprint density at radius 2 is 2.03 bits per heavy atom. The first-order valence-electron chi connectivity index (χ1n) is 10.8. The number of fused-ring (bicyclic) bond motifs is 1. The van der Waals surface area contributed by atoms with Crippen molar-refractivity contribution < 1.29 is 19.2 Å². The van der Waals surface area contributed by atoms with E-state index >= 15 is 0 Å². The Morgan fingerprint density at radius 1 is 1.26 bits per heavy atom. The minimum Gasteiger partial charge on any atom is -0.347 e. The molecule has 4 amide bonds. The van der Waals surface area contributed by atoms with Gasteiger partial charge in [0.25, 0.3) is 5.91 Å². The number of likely N-dealkylation sites (N-methyl/N-ethyl adjacent to an activating group) is 1. The largest absolute Gasteiger partial charge is 0.347 e. The molecular formula is C21H28ClN7O4S. The molecule has 34 heavy (non-hydrogen) atoms. The third-order valence-electron chi connectivity index (χ3n) is 5.39. The van der Waals surface area contributed by atoms with Crippen LogP contribution < -0.4 is 16.0 Å². The van der Waals surface area contributed by atoms with E-state index in [4.69, 9.17) is 11.6 Å². The maximum atomic E-state index is 12.9. The predicted molar refractivity (Wildman–Crippen MR) is 131 cm³/mol. The quantitative estimate of drug-likeness (QED) is 0.458. The zero-order valence-corrected chi connectivity index (χ0v) is 20.8. The van der Waals surface area contributed by atoms with Crippen LogP contribution in [0.4, 0.5) is 5.82 Å². The summed E-state index contributed by atoms with van der Waals surface area (Å²) in [6.45, 7) is 1.57. The van der Waals surface area contributed by atoms with Gasteiger partial charge in [-0.15, -0.1) is 0 Å². The molecule has 1 fully saturated rings. The van der Waals surface area contributed by atoms with Gasteiger partial charge in [-0.2, -0.15) is 0 Å². The molecule has 0 aromatic carbocycles. The summed E-state index contributed by atoms with van der Waals surface area (Å²) in [6, 6.07) is 1.97. The van der Waals surface area contributed by atoms with Gasteiger partial charge in [-0.05, 0) is 38.6 Å². The molecule has 0 spiro atoms. The number of aromatic nitrogens is 1. The van der Waals surface area contributed by atoms with Gasteiger partial charge in [0.1, 0.15) is 11.9 Å². The second-order valence-corrected chi connectivity index (χ2v) is 10.0. The molecule has 3 rings (SSSR count). The molecule has 184 valence electrons. The lowest BCUT2D eigenvalue weighted by Gasteiger charge is -2.22. The topological polar surface area (TPSA) is 136 Å². The van der Waals surface area contributed by atoms with Crippen LogP contribution in [0.5, 0.6) is 0 Å². The number of hydrogen-bond acceptors (Lipinski definition) is 8. The van der Waals surface area contributed by atoms with E-state index in [0.29, 0.717) is 10.1 Å². The lowest BCUT2D eigenvalue weighted by Crippen LogP contribution is -2.54. The Morgan fingerprint density at radius 3 is 2.71 bits per heavy atom. The van der Waals surface area contributed by atoms with Gasteiger partial charge in [-0.1, -0.05) is 23.4 Å². The average Bonchev–Trinajstić information content (AvgIpc) is 3.11. The van der Waals surface area contributed by atoms with E-state index in [1.807, 2.05) is 0 Å². The first-order chi connectivity index (χ1) is 16.1. The van der Waals surface area contributed by atoms with Crippen molar-refractivity contribution in [3.63, 3.8) is 0 Å². The van der Waals surface area contributed by atoms with Crippen LogP contribution in [0.15, 0.2) is 23.3 Å². The summed E-state index contributed by atoms with van der Waals surface area (Å²) in [6.07, 6.45) is 3.25. The van der Waals surface area contributed by atoms with Gasteiger partial charge in [0.2, 0.25) is 5.91 Å². The summed E-state index contributed by atoms with van der Waals surface area (Å²) < 4.78 is 0. The number of rotatable bonds is 6. The number of amides is 4. The molecule has 1 aromatic rings. The summed E-state index contributed by atoms with van der Waals surface area (Å²) in [7, 11) is 5.13. The van der Waals surface area contributed by atoms with Crippen LogP contribution in [0.25, 0.3) is 0 Å². The highest BCUT2D eigenvalue weighted by Gasteiger charge is 2.36.